The van der Waals surface area contributed by atoms with Crippen LogP contribution in [0.5, 0.6) is 0 Å². The van der Waals surface area contributed by atoms with Gasteiger partial charge in [-0.05, 0) is 67.2 Å². The van der Waals surface area contributed by atoms with E-state index < -0.39 is 0 Å². The quantitative estimate of drug-likeness (QED) is 0.475. The summed E-state index contributed by atoms with van der Waals surface area (Å²) >= 11 is 7.20. The maximum atomic E-state index is 3.60. The van der Waals surface area contributed by atoms with Gasteiger partial charge in [0.25, 0.3) is 0 Å². The molecule has 25 heavy (non-hydrogen) atoms. The summed E-state index contributed by atoms with van der Waals surface area (Å²) in [4.78, 5) is 0. The lowest BCUT2D eigenvalue weighted by atomic mass is 9.90. The molecular formula is C20H21Br2ClN2. The van der Waals surface area contributed by atoms with Crippen LogP contribution < -0.4 is 5.32 Å². The maximum Gasteiger partial charge on any atom is 0.0486 e. The van der Waals surface area contributed by atoms with Gasteiger partial charge in [0, 0.05) is 32.6 Å². The van der Waals surface area contributed by atoms with Crippen molar-refractivity contribution in [2.75, 3.05) is 13.1 Å². The smallest absolute Gasteiger partial charge is 0.0486 e. The zero-order chi connectivity index (χ0) is 16.5. The van der Waals surface area contributed by atoms with Crippen molar-refractivity contribution in [3.05, 3.63) is 68.7 Å². The molecule has 132 valence electrons. The number of hydrogen-bond acceptors (Lipinski definition) is 1. The summed E-state index contributed by atoms with van der Waals surface area (Å²) in [5.41, 5.74) is 4.15. The Balaban J connectivity index is 0.00000182. The number of halogens is 3. The predicted molar refractivity (Wildman–Crippen MR) is 115 cm³/mol. The van der Waals surface area contributed by atoms with Crippen LogP contribution in [-0.2, 0) is 6.54 Å². The number of para-hydroxylation sites is 1. The van der Waals surface area contributed by atoms with Gasteiger partial charge in [-0.25, -0.2) is 0 Å². The van der Waals surface area contributed by atoms with Crippen LogP contribution in [-0.4, -0.2) is 17.7 Å². The maximum absolute atomic E-state index is 3.60. The van der Waals surface area contributed by atoms with Crippen molar-refractivity contribution in [3.63, 3.8) is 0 Å². The molecule has 0 radical (unpaired) electrons. The molecule has 1 saturated heterocycles. The minimum absolute atomic E-state index is 0. The Bertz CT molecular complexity index is 849. The summed E-state index contributed by atoms with van der Waals surface area (Å²) in [5, 5.41) is 4.89. The Hall–Kier alpha value is -0.810. The summed E-state index contributed by atoms with van der Waals surface area (Å²) in [6.45, 7) is 3.15. The number of hydrogen-bond donors (Lipinski definition) is 1. The molecule has 0 atom stereocenters. The fraction of sp³-hybridized carbons (Fsp3) is 0.300. The van der Waals surface area contributed by atoms with Crippen LogP contribution in [0.3, 0.4) is 0 Å². The lowest BCUT2D eigenvalue weighted by Crippen LogP contribution is -2.26. The van der Waals surface area contributed by atoms with Crippen LogP contribution in [0.2, 0.25) is 0 Å². The van der Waals surface area contributed by atoms with Crippen LogP contribution in [0.25, 0.3) is 10.9 Å². The first kappa shape index (κ1) is 19.0. The SMILES string of the molecule is Brc1cc(Br)cc(Cn2cc(C3CCNCC3)c3ccccc32)c1.Cl. The van der Waals surface area contributed by atoms with E-state index in [4.69, 9.17) is 0 Å². The molecule has 2 aromatic carbocycles. The lowest BCUT2D eigenvalue weighted by Gasteiger charge is -2.22. The zero-order valence-corrected chi connectivity index (χ0v) is 17.8. The van der Waals surface area contributed by atoms with Crippen molar-refractivity contribution >= 4 is 55.2 Å². The minimum atomic E-state index is 0. The van der Waals surface area contributed by atoms with Gasteiger partial charge >= 0.3 is 0 Å². The van der Waals surface area contributed by atoms with Crippen LogP contribution in [0.15, 0.2) is 57.6 Å². The molecule has 0 saturated carbocycles. The van der Waals surface area contributed by atoms with E-state index in [9.17, 15) is 0 Å². The molecule has 1 fully saturated rings. The number of nitrogens with one attached hydrogen (secondary N) is 1. The molecule has 2 nitrogen and oxygen atoms in total. The highest BCUT2D eigenvalue weighted by Gasteiger charge is 2.20. The van der Waals surface area contributed by atoms with E-state index in [1.165, 1.54) is 34.9 Å². The second-order valence-electron chi connectivity index (χ2n) is 6.53. The molecule has 5 heteroatoms. The van der Waals surface area contributed by atoms with Crippen molar-refractivity contribution in [3.8, 4) is 0 Å². The molecule has 4 rings (SSSR count). The Morgan fingerprint density at radius 2 is 1.68 bits per heavy atom. The molecule has 2 heterocycles. The van der Waals surface area contributed by atoms with E-state index in [0.717, 1.165) is 28.6 Å². The van der Waals surface area contributed by atoms with Crippen molar-refractivity contribution < 1.29 is 0 Å². The van der Waals surface area contributed by atoms with Gasteiger partial charge in [-0.3, -0.25) is 0 Å². The second-order valence-corrected chi connectivity index (χ2v) is 8.36. The fourth-order valence-electron chi connectivity index (χ4n) is 3.76. The van der Waals surface area contributed by atoms with E-state index in [1.54, 1.807) is 0 Å². The number of rotatable bonds is 3. The fourth-order valence-corrected chi connectivity index (χ4v) is 5.15. The van der Waals surface area contributed by atoms with E-state index in [1.807, 2.05) is 0 Å². The van der Waals surface area contributed by atoms with E-state index in [2.05, 4.69) is 90.4 Å². The molecule has 0 bridgehead atoms. The van der Waals surface area contributed by atoms with Crippen LogP contribution in [0.4, 0.5) is 0 Å². The summed E-state index contributed by atoms with van der Waals surface area (Å²) in [6, 6.07) is 15.3. The van der Waals surface area contributed by atoms with Crippen molar-refractivity contribution in [2.45, 2.75) is 25.3 Å². The van der Waals surface area contributed by atoms with Crippen LogP contribution in [0.1, 0.15) is 29.9 Å². The molecule has 1 aliphatic heterocycles. The van der Waals surface area contributed by atoms with Gasteiger partial charge in [0.1, 0.15) is 0 Å². The van der Waals surface area contributed by atoms with Gasteiger partial charge in [-0.2, -0.15) is 0 Å². The van der Waals surface area contributed by atoms with Gasteiger partial charge in [0.15, 0.2) is 0 Å². The monoisotopic (exact) mass is 482 g/mol. The van der Waals surface area contributed by atoms with Gasteiger partial charge < -0.3 is 9.88 Å². The molecular weight excluding hydrogens is 463 g/mol. The number of fused-ring (bicyclic) bond motifs is 1. The van der Waals surface area contributed by atoms with E-state index in [0.29, 0.717) is 5.92 Å². The normalized spacial score (nSPS) is 15.3. The summed E-state index contributed by atoms with van der Waals surface area (Å²) in [6.07, 6.45) is 4.85. The third-order valence-electron chi connectivity index (χ3n) is 4.87. The molecule has 0 spiro atoms. The largest absolute Gasteiger partial charge is 0.343 e. The number of nitrogens with zero attached hydrogens (tertiary/aromatic N) is 1. The van der Waals surface area contributed by atoms with Gasteiger partial charge in [0.05, 0.1) is 0 Å². The van der Waals surface area contributed by atoms with Gasteiger partial charge in [0.2, 0.25) is 0 Å². The Kier molecular flexibility index (Phi) is 6.26. The lowest BCUT2D eigenvalue weighted by molar-refractivity contribution is 0.461. The molecule has 1 N–H and O–H groups in total. The Labute approximate surface area is 171 Å². The first-order valence-corrected chi connectivity index (χ1v) is 10.0. The van der Waals surface area contributed by atoms with E-state index >= 15 is 0 Å². The predicted octanol–water partition coefficient (Wildman–Crippen LogP) is 6.10. The third-order valence-corrected chi connectivity index (χ3v) is 5.79. The van der Waals surface area contributed by atoms with Crippen LogP contribution >= 0.6 is 44.3 Å². The third kappa shape index (κ3) is 4.13. The summed E-state index contributed by atoms with van der Waals surface area (Å²) in [5.74, 6) is 0.673. The zero-order valence-electron chi connectivity index (χ0n) is 13.8. The molecule has 0 amide bonds. The average Bonchev–Trinajstić information content (AvgIpc) is 2.94. The number of piperidine rings is 1. The van der Waals surface area contributed by atoms with Crippen LogP contribution in [0, 0.1) is 0 Å². The summed E-state index contributed by atoms with van der Waals surface area (Å²) < 4.78 is 4.63. The molecule has 3 aromatic rings. The topological polar surface area (TPSA) is 17.0 Å². The number of aromatic nitrogens is 1. The first-order valence-electron chi connectivity index (χ1n) is 8.44. The average molecular weight is 485 g/mol. The molecule has 0 unspecified atom stereocenters. The van der Waals surface area contributed by atoms with Gasteiger partial charge in [-0.1, -0.05) is 50.1 Å². The first-order chi connectivity index (χ1) is 11.7. The molecule has 1 aliphatic rings. The minimum Gasteiger partial charge on any atom is -0.343 e. The number of benzene rings is 2. The standard InChI is InChI=1S/C20H20Br2N2.ClH/c21-16-9-14(10-17(22)11-16)12-24-13-19(15-5-7-23-8-6-15)18-3-1-2-4-20(18)24;/h1-4,9-11,13,15,23H,5-8,12H2;1H. The van der Waals surface area contributed by atoms with Crippen molar-refractivity contribution in [1.29, 1.82) is 0 Å². The van der Waals surface area contributed by atoms with Crippen molar-refractivity contribution in [2.24, 2.45) is 0 Å². The van der Waals surface area contributed by atoms with E-state index in [-0.39, 0.29) is 12.4 Å². The van der Waals surface area contributed by atoms with Gasteiger partial charge in [-0.15, -0.1) is 12.4 Å². The highest BCUT2D eigenvalue weighted by molar-refractivity contribution is 9.11. The second kappa shape index (κ2) is 8.26. The Morgan fingerprint density at radius 3 is 2.40 bits per heavy atom. The molecule has 0 aliphatic carbocycles. The Morgan fingerprint density at radius 1 is 1.00 bits per heavy atom. The highest BCUT2D eigenvalue weighted by Crippen LogP contribution is 2.33. The summed E-state index contributed by atoms with van der Waals surface area (Å²) in [7, 11) is 0. The molecule has 1 aromatic heterocycles. The highest BCUT2D eigenvalue weighted by atomic mass is 79.9. The van der Waals surface area contributed by atoms with Crippen molar-refractivity contribution in [1.82, 2.24) is 9.88 Å².